The zero-order valence-electron chi connectivity index (χ0n) is 12.4. The molecule has 3 heteroatoms. The van der Waals surface area contributed by atoms with Gasteiger partial charge in [-0.15, -0.1) is 0 Å². The molecule has 2 heterocycles. The first-order chi connectivity index (χ1) is 8.40. The van der Waals surface area contributed by atoms with E-state index in [0.29, 0.717) is 6.04 Å². The lowest BCUT2D eigenvalue weighted by Crippen LogP contribution is -2.51. The number of rotatable bonds is 4. The van der Waals surface area contributed by atoms with Crippen molar-refractivity contribution in [3.63, 3.8) is 0 Å². The van der Waals surface area contributed by atoms with E-state index in [4.69, 9.17) is 0 Å². The molecule has 3 unspecified atom stereocenters. The Morgan fingerprint density at radius 3 is 2.22 bits per heavy atom. The van der Waals surface area contributed by atoms with Gasteiger partial charge in [-0.1, -0.05) is 27.7 Å². The minimum Gasteiger partial charge on any atom is -0.391 e. The molecule has 0 aliphatic carbocycles. The molecule has 2 aliphatic rings. The number of nitrogens with one attached hydrogen (secondary N) is 1. The Morgan fingerprint density at radius 1 is 1.22 bits per heavy atom. The van der Waals surface area contributed by atoms with E-state index < -0.39 is 0 Å². The molecule has 0 amide bonds. The van der Waals surface area contributed by atoms with Crippen LogP contribution in [0.4, 0.5) is 0 Å². The topological polar surface area (TPSA) is 35.5 Å². The van der Waals surface area contributed by atoms with Crippen LogP contribution in [0.5, 0.6) is 0 Å². The van der Waals surface area contributed by atoms with Crippen LogP contribution in [0.15, 0.2) is 0 Å². The van der Waals surface area contributed by atoms with Crippen LogP contribution in [0.2, 0.25) is 0 Å². The Bertz CT molecular complexity index is 262. The van der Waals surface area contributed by atoms with Crippen molar-refractivity contribution < 1.29 is 5.11 Å². The first kappa shape index (κ1) is 14.3. The summed E-state index contributed by atoms with van der Waals surface area (Å²) < 4.78 is 0. The van der Waals surface area contributed by atoms with Crippen molar-refractivity contribution in [1.82, 2.24) is 10.2 Å². The first-order valence-electron chi connectivity index (χ1n) is 7.58. The molecule has 0 radical (unpaired) electrons. The van der Waals surface area contributed by atoms with E-state index in [-0.39, 0.29) is 11.5 Å². The molecule has 0 aromatic rings. The van der Waals surface area contributed by atoms with Gasteiger partial charge in [0.25, 0.3) is 0 Å². The Labute approximate surface area is 112 Å². The van der Waals surface area contributed by atoms with Gasteiger partial charge in [0.1, 0.15) is 0 Å². The smallest absolute Gasteiger partial charge is 0.0715 e. The lowest BCUT2D eigenvalue weighted by molar-refractivity contribution is 0.00987. The van der Waals surface area contributed by atoms with Gasteiger partial charge in [0.15, 0.2) is 0 Å². The van der Waals surface area contributed by atoms with Crippen molar-refractivity contribution in [1.29, 1.82) is 0 Å². The summed E-state index contributed by atoms with van der Waals surface area (Å²) >= 11 is 0. The summed E-state index contributed by atoms with van der Waals surface area (Å²) in [5, 5.41) is 14.0. The molecular formula is C15H30N2O. The van der Waals surface area contributed by atoms with Gasteiger partial charge in [0, 0.05) is 24.7 Å². The fraction of sp³-hybridized carbons (Fsp3) is 1.00. The molecule has 106 valence electrons. The SMILES string of the molecule is CCN(CC(O)C(C)(C)C)C1CC2CCC(C1)N2. The number of hydrogen-bond acceptors (Lipinski definition) is 3. The molecule has 2 fully saturated rings. The standard InChI is InChI=1S/C15H30N2O/c1-5-17(10-14(18)15(2,3)4)13-8-11-6-7-12(9-13)16-11/h11-14,16,18H,5-10H2,1-4H3. The second-order valence-electron chi connectivity index (χ2n) is 7.23. The molecule has 0 saturated carbocycles. The van der Waals surface area contributed by atoms with Crippen LogP contribution in [0.1, 0.15) is 53.4 Å². The minimum atomic E-state index is -0.231. The van der Waals surface area contributed by atoms with Gasteiger partial charge in [-0.05, 0) is 37.6 Å². The third-order valence-corrected chi connectivity index (χ3v) is 4.78. The van der Waals surface area contributed by atoms with Gasteiger partial charge < -0.3 is 10.4 Å². The van der Waals surface area contributed by atoms with E-state index in [1.807, 2.05) is 0 Å². The highest BCUT2D eigenvalue weighted by Crippen LogP contribution is 2.30. The summed E-state index contributed by atoms with van der Waals surface area (Å²) in [5.74, 6) is 0. The molecule has 2 N–H and O–H groups in total. The fourth-order valence-electron chi connectivity index (χ4n) is 3.36. The van der Waals surface area contributed by atoms with Crippen molar-refractivity contribution in [2.75, 3.05) is 13.1 Å². The third-order valence-electron chi connectivity index (χ3n) is 4.78. The summed E-state index contributed by atoms with van der Waals surface area (Å²) in [4.78, 5) is 2.50. The number of aliphatic hydroxyl groups is 1. The molecule has 18 heavy (non-hydrogen) atoms. The maximum atomic E-state index is 10.3. The second kappa shape index (κ2) is 5.48. The monoisotopic (exact) mass is 254 g/mol. The minimum absolute atomic E-state index is 0.0146. The number of piperidine rings is 1. The molecule has 3 atom stereocenters. The molecule has 2 bridgehead atoms. The molecule has 0 aromatic heterocycles. The highest BCUT2D eigenvalue weighted by Gasteiger charge is 2.36. The van der Waals surface area contributed by atoms with Crippen LogP contribution >= 0.6 is 0 Å². The van der Waals surface area contributed by atoms with Crippen molar-refractivity contribution in [2.45, 2.75) is 77.6 Å². The van der Waals surface area contributed by atoms with Gasteiger partial charge >= 0.3 is 0 Å². The van der Waals surface area contributed by atoms with Gasteiger partial charge in [0.2, 0.25) is 0 Å². The number of aliphatic hydroxyl groups excluding tert-OH is 1. The van der Waals surface area contributed by atoms with Crippen LogP contribution in [0.25, 0.3) is 0 Å². The first-order valence-corrected chi connectivity index (χ1v) is 7.58. The van der Waals surface area contributed by atoms with Crippen molar-refractivity contribution in [3.05, 3.63) is 0 Å². The Hall–Kier alpha value is -0.120. The number of nitrogens with zero attached hydrogens (tertiary/aromatic N) is 1. The molecule has 2 rings (SSSR count). The lowest BCUT2D eigenvalue weighted by atomic mass is 9.88. The highest BCUT2D eigenvalue weighted by molar-refractivity contribution is 4.96. The number of hydrogen-bond donors (Lipinski definition) is 2. The Balaban J connectivity index is 1.92. The van der Waals surface area contributed by atoms with Crippen molar-refractivity contribution >= 4 is 0 Å². The zero-order chi connectivity index (χ0) is 13.3. The molecule has 2 saturated heterocycles. The second-order valence-corrected chi connectivity index (χ2v) is 7.23. The summed E-state index contributed by atoms with van der Waals surface area (Å²) in [6, 6.07) is 2.13. The van der Waals surface area contributed by atoms with E-state index >= 15 is 0 Å². The number of likely N-dealkylation sites (N-methyl/N-ethyl adjacent to an activating group) is 1. The number of fused-ring (bicyclic) bond motifs is 2. The largest absolute Gasteiger partial charge is 0.391 e. The van der Waals surface area contributed by atoms with Crippen LogP contribution < -0.4 is 5.32 Å². The van der Waals surface area contributed by atoms with Gasteiger partial charge in [-0.3, -0.25) is 4.90 Å². The molecule has 0 spiro atoms. The zero-order valence-corrected chi connectivity index (χ0v) is 12.4. The van der Waals surface area contributed by atoms with Gasteiger partial charge in [-0.25, -0.2) is 0 Å². The van der Waals surface area contributed by atoms with Crippen LogP contribution in [0, 0.1) is 5.41 Å². The molecule has 3 nitrogen and oxygen atoms in total. The van der Waals surface area contributed by atoms with E-state index in [9.17, 15) is 5.11 Å². The molecule has 0 aromatic carbocycles. The van der Waals surface area contributed by atoms with Gasteiger partial charge in [-0.2, -0.15) is 0 Å². The lowest BCUT2D eigenvalue weighted by Gasteiger charge is -2.40. The maximum absolute atomic E-state index is 10.3. The van der Waals surface area contributed by atoms with Crippen LogP contribution in [-0.2, 0) is 0 Å². The summed E-state index contributed by atoms with van der Waals surface area (Å²) in [6.45, 7) is 10.5. The quantitative estimate of drug-likeness (QED) is 0.805. The van der Waals surface area contributed by atoms with E-state index in [0.717, 1.165) is 25.2 Å². The normalized spacial score (nSPS) is 34.0. The highest BCUT2D eigenvalue weighted by atomic mass is 16.3. The van der Waals surface area contributed by atoms with E-state index in [1.54, 1.807) is 0 Å². The maximum Gasteiger partial charge on any atom is 0.0715 e. The Morgan fingerprint density at radius 2 is 1.78 bits per heavy atom. The summed E-state index contributed by atoms with van der Waals surface area (Å²) in [6.07, 6.45) is 4.99. The van der Waals surface area contributed by atoms with E-state index in [1.165, 1.54) is 25.7 Å². The molecule has 2 aliphatic heterocycles. The van der Waals surface area contributed by atoms with Crippen molar-refractivity contribution in [2.24, 2.45) is 5.41 Å². The predicted molar refractivity (Wildman–Crippen MR) is 75.7 cm³/mol. The predicted octanol–water partition coefficient (Wildman–Crippen LogP) is 2.00. The van der Waals surface area contributed by atoms with Gasteiger partial charge in [0.05, 0.1) is 6.10 Å². The third kappa shape index (κ3) is 3.25. The van der Waals surface area contributed by atoms with E-state index in [2.05, 4.69) is 37.9 Å². The van der Waals surface area contributed by atoms with Crippen LogP contribution in [-0.4, -0.2) is 47.3 Å². The Kier molecular flexibility index (Phi) is 4.35. The average Bonchev–Trinajstić information content (AvgIpc) is 2.63. The fourth-order valence-corrected chi connectivity index (χ4v) is 3.36. The van der Waals surface area contributed by atoms with Crippen molar-refractivity contribution in [3.8, 4) is 0 Å². The summed E-state index contributed by atoms with van der Waals surface area (Å²) in [5.41, 5.74) is -0.0146. The molecular weight excluding hydrogens is 224 g/mol. The van der Waals surface area contributed by atoms with Crippen LogP contribution in [0.3, 0.4) is 0 Å². The summed E-state index contributed by atoms with van der Waals surface area (Å²) in [7, 11) is 0. The average molecular weight is 254 g/mol.